The Labute approximate surface area is 106 Å². The lowest BCUT2D eigenvalue weighted by atomic mass is 10.2. The molecule has 0 aliphatic rings. The number of hydrogen-bond donors (Lipinski definition) is 0. The summed E-state index contributed by atoms with van der Waals surface area (Å²) < 4.78 is 9.36. The van der Waals surface area contributed by atoms with Crippen molar-refractivity contribution >= 4 is 0 Å². The molecule has 5 heteroatoms. The van der Waals surface area contributed by atoms with E-state index in [1.54, 1.807) is 0 Å². The third-order valence-corrected chi connectivity index (χ3v) is 2.76. The molecular formula is C13H16N3O2+. The molecule has 1 aromatic heterocycles. The Kier molecular flexibility index (Phi) is 4.20. The van der Waals surface area contributed by atoms with Crippen molar-refractivity contribution in [1.82, 2.24) is 4.57 Å². The third kappa shape index (κ3) is 3.01. The first-order valence-corrected chi connectivity index (χ1v) is 5.75. The monoisotopic (exact) mass is 246 g/mol. The van der Waals surface area contributed by atoms with Gasteiger partial charge >= 0.3 is 0 Å². The molecule has 0 atom stereocenters. The molecule has 0 amide bonds. The van der Waals surface area contributed by atoms with E-state index >= 15 is 0 Å². The summed E-state index contributed by atoms with van der Waals surface area (Å²) >= 11 is 0. The molecule has 0 unspecified atom stereocenters. The molecule has 2 aromatic rings. The van der Waals surface area contributed by atoms with Crippen molar-refractivity contribution < 1.29 is 9.30 Å². The Morgan fingerprint density at radius 2 is 2.11 bits per heavy atom. The van der Waals surface area contributed by atoms with Crippen LogP contribution in [-0.4, -0.2) is 4.57 Å². The van der Waals surface area contributed by atoms with Gasteiger partial charge in [0.1, 0.15) is 12.4 Å². The van der Waals surface area contributed by atoms with E-state index in [-0.39, 0.29) is 6.54 Å². The molecule has 94 valence electrons. The van der Waals surface area contributed by atoms with E-state index in [4.69, 9.17) is 4.74 Å². The van der Waals surface area contributed by atoms with Crippen LogP contribution in [0, 0.1) is 4.91 Å². The lowest BCUT2D eigenvalue weighted by Gasteiger charge is -2.03. The highest BCUT2D eigenvalue weighted by atomic mass is 16.5. The highest BCUT2D eigenvalue weighted by Gasteiger charge is 2.14. The number of imidazole rings is 1. The summed E-state index contributed by atoms with van der Waals surface area (Å²) in [5.74, 6) is 0.832. The Bertz CT molecular complexity index is 508. The standard InChI is InChI=1S/C13H16N3O2/c1-15-7-8-16(13(15)9-14-17)11-18-10-12-5-3-2-4-6-12/h2-8H,9-11H2,1H3/q+1. The van der Waals surface area contributed by atoms with Crippen LogP contribution in [0.5, 0.6) is 0 Å². The zero-order chi connectivity index (χ0) is 12.8. The van der Waals surface area contributed by atoms with Crippen LogP contribution in [0.25, 0.3) is 0 Å². The van der Waals surface area contributed by atoms with Crippen LogP contribution >= 0.6 is 0 Å². The van der Waals surface area contributed by atoms with Crippen molar-refractivity contribution in [3.8, 4) is 0 Å². The molecule has 0 bridgehead atoms. The fourth-order valence-corrected chi connectivity index (χ4v) is 1.77. The van der Waals surface area contributed by atoms with Crippen molar-refractivity contribution in [2.45, 2.75) is 19.9 Å². The van der Waals surface area contributed by atoms with Gasteiger partial charge in [-0.25, -0.2) is 9.13 Å². The minimum atomic E-state index is 0.151. The Morgan fingerprint density at radius 1 is 1.33 bits per heavy atom. The molecule has 0 saturated carbocycles. The van der Waals surface area contributed by atoms with Crippen LogP contribution in [0.2, 0.25) is 0 Å². The lowest BCUT2D eigenvalue weighted by molar-refractivity contribution is -0.679. The number of benzene rings is 1. The first-order chi connectivity index (χ1) is 8.81. The number of aryl methyl sites for hydroxylation is 1. The number of ether oxygens (including phenoxy) is 1. The summed E-state index contributed by atoms with van der Waals surface area (Å²) in [5, 5.41) is 2.92. The maximum atomic E-state index is 10.4. The number of nitrogens with zero attached hydrogens (tertiary/aromatic N) is 3. The quantitative estimate of drug-likeness (QED) is 0.576. The minimum absolute atomic E-state index is 0.151. The molecule has 1 aromatic carbocycles. The van der Waals surface area contributed by atoms with Gasteiger partial charge in [-0.05, 0) is 5.56 Å². The van der Waals surface area contributed by atoms with Gasteiger partial charge in [-0.1, -0.05) is 35.5 Å². The molecular weight excluding hydrogens is 230 g/mol. The average molecular weight is 246 g/mol. The molecule has 18 heavy (non-hydrogen) atoms. The predicted octanol–water partition coefficient (Wildman–Crippen LogP) is 1.75. The van der Waals surface area contributed by atoms with Gasteiger partial charge in [0.25, 0.3) is 5.82 Å². The van der Waals surface area contributed by atoms with E-state index in [2.05, 4.69) is 5.18 Å². The van der Waals surface area contributed by atoms with Gasteiger partial charge in [-0.15, -0.1) is 0 Å². The van der Waals surface area contributed by atoms with E-state index in [1.807, 2.05) is 58.9 Å². The van der Waals surface area contributed by atoms with E-state index in [0.717, 1.165) is 11.4 Å². The van der Waals surface area contributed by atoms with Gasteiger partial charge in [0, 0.05) is 0 Å². The fourth-order valence-electron chi connectivity index (χ4n) is 1.77. The summed E-state index contributed by atoms with van der Waals surface area (Å²) in [7, 11) is 1.88. The molecule has 0 spiro atoms. The summed E-state index contributed by atoms with van der Waals surface area (Å²) in [6.07, 6.45) is 3.76. The van der Waals surface area contributed by atoms with Crippen LogP contribution in [0.3, 0.4) is 0 Å². The van der Waals surface area contributed by atoms with E-state index in [0.29, 0.717) is 13.3 Å². The molecule has 0 fully saturated rings. The second-order valence-corrected chi connectivity index (χ2v) is 4.05. The first-order valence-electron chi connectivity index (χ1n) is 5.75. The third-order valence-electron chi connectivity index (χ3n) is 2.76. The zero-order valence-corrected chi connectivity index (χ0v) is 10.3. The van der Waals surface area contributed by atoms with Crippen LogP contribution in [0.1, 0.15) is 11.4 Å². The van der Waals surface area contributed by atoms with Crippen molar-refractivity contribution in [3.63, 3.8) is 0 Å². The van der Waals surface area contributed by atoms with Crippen LogP contribution in [-0.2, 0) is 31.7 Å². The second kappa shape index (κ2) is 6.07. The SMILES string of the molecule is C[n+]1ccn(COCc2ccccc2)c1CN=O. The van der Waals surface area contributed by atoms with Gasteiger partial charge in [0.2, 0.25) is 0 Å². The van der Waals surface area contributed by atoms with Crippen molar-refractivity contribution in [3.05, 3.63) is 59.0 Å². The molecule has 1 heterocycles. The van der Waals surface area contributed by atoms with Crippen LogP contribution in [0.15, 0.2) is 47.9 Å². The highest BCUT2D eigenvalue weighted by molar-refractivity contribution is 5.13. The van der Waals surface area contributed by atoms with Gasteiger partial charge in [-0.2, -0.15) is 4.91 Å². The topological polar surface area (TPSA) is 47.5 Å². The number of aromatic nitrogens is 2. The summed E-state index contributed by atoms with van der Waals surface area (Å²) in [6.45, 7) is 1.12. The van der Waals surface area contributed by atoms with Gasteiger partial charge in [0.05, 0.1) is 13.7 Å². The number of rotatable bonds is 6. The first kappa shape index (κ1) is 12.4. The average Bonchev–Trinajstić information content (AvgIpc) is 2.73. The normalized spacial score (nSPS) is 10.5. The molecule has 0 radical (unpaired) electrons. The second-order valence-electron chi connectivity index (χ2n) is 4.05. The van der Waals surface area contributed by atoms with Gasteiger partial charge in [-0.3, -0.25) is 0 Å². The highest BCUT2D eigenvalue weighted by Crippen LogP contribution is 2.03. The van der Waals surface area contributed by atoms with E-state index in [9.17, 15) is 4.91 Å². The zero-order valence-electron chi connectivity index (χ0n) is 10.3. The predicted molar refractivity (Wildman–Crippen MR) is 66.3 cm³/mol. The largest absolute Gasteiger partial charge is 0.337 e. The summed E-state index contributed by atoms with van der Waals surface area (Å²) in [5.41, 5.74) is 1.13. The van der Waals surface area contributed by atoms with Crippen molar-refractivity contribution in [1.29, 1.82) is 0 Å². The molecule has 2 rings (SSSR count). The molecule has 5 nitrogen and oxygen atoms in total. The fraction of sp³-hybridized carbons (Fsp3) is 0.308. The maximum absolute atomic E-state index is 10.4. The Hall–Kier alpha value is -2.01. The van der Waals surface area contributed by atoms with Crippen LogP contribution in [0.4, 0.5) is 0 Å². The van der Waals surface area contributed by atoms with Gasteiger partial charge in [0.15, 0.2) is 13.3 Å². The molecule has 0 aliphatic carbocycles. The number of nitroso groups, excluding NO2 is 1. The minimum Gasteiger partial charge on any atom is -0.337 e. The van der Waals surface area contributed by atoms with Gasteiger partial charge < -0.3 is 4.74 Å². The lowest BCUT2D eigenvalue weighted by Crippen LogP contribution is -2.32. The Balaban J connectivity index is 1.92. The Morgan fingerprint density at radius 3 is 2.83 bits per heavy atom. The van der Waals surface area contributed by atoms with Crippen molar-refractivity contribution in [2.24, 2.45) is 12.2 Å². The van der Waals surface area contributed by atoms with E-state index in [1.165, 1.54) is 0 Å². The number of hydrogen-bond acceptors (Lipinski definition) is 3. The molecule has 0 saturated heterocycles. The summed E-state index contributed by atoms with van der Waals surface area (Å²) in [4.78, 5) is 10.4. The smallest absolute Gasteiger partial charge is 0.283 e. The van der Waals surface area contributed by atoms with Crippen LogP contribution < -0.4 is 4.57 Å². The summed E-state index contributed by atoms with van der Waals surface area (Å²) in [6, 6.07) is 9.97. The molecule has 0 N–H and O–H groups in total. The van der Waals surface area contributed by atoms with Crippen molar-refractivity contribution in [2.75, 3.05) is 0 Å². The maximum Gasteiger partial charge on any atom is 0.283 e. The molecule has 0 aliphatic heterocycles. The van der Waals surface area contributed by atoms with E-state index < -0.39 is 0 Å².